The van der Waals surface area contributed by atoms with Crippen LogP contribution in [0.5, 0.6) is 0 Å². The van der Waals surface area contributed by atoms with Crippen molar-refractivity contribution in [2.45, 2.75) is 0 Å². The van der Waals surface area contributed by atoms with Crippen molar-refractivity contribution in [1.82, 2.24) is 9.80 Å². The molecule has 0 N–H and O–H groups in total. The van der Waals surface area contributed by atoms with Crippen LogP contribution in [-0.4, -0.2) is 48.9 Å². The Kier molecular flexibility index (Phi) is 5.43. The molecule has 17 heavy (non-hydrogen) atoms. The van der Waals surface area contributed by atoms with Crippen LogP contribution in [0.4, 0.5) is 0 Å². The third-order valence-corrected chi connectivity index (χ3v) is 3.59. The molecule has 0 aromatic heterocycles. The van der Waals surface area contributed by atoms with Gasteiger partial charge in [-0.05, 0) is 35.1 Å². The second kappa shape index (κ2) is 6.38. The van der Waals surface area contributed by atoms with Gasteiger partial charge in [-0.25, -0.2) is 0 Å². The van der Waals surface area contributed by atoms with Crippen molar-refractivity contribution in [2.24, 2.45) is 0 Å². The molecule has 1 fully saturated rings. The fraction of sp³-hybridized carbons (Fsp3) is 0.417. The lowest BCUT2D eigenvalue weighted by molar-refractivity contribution is -0.0000139. The van der Waals surface area contributed by atoms with Gasteiger partial charge in [0.2, 0.25) is 0 Å². The standard InChI is InChI=1S/C12H15BrN2O.ClH/c1-14-6-8-15(9-7-14)12(16)10-4-2-3-5-11(10)13;/h2-5H,6-9H2,1H3;1H/p-1. The van der Waals surface area contributed by atoms with Crippen molar-refractivity contribution in [2.75, 3.05) is 33.2 Å². The lowest BCUT2D eigenvalue weighted by atomic mass is 10.2. The Morgan fingerprint density at radius 1 is 1.18 bits per heavy atom. The summed E-state index contributed by atoms with van der Waals surface area (Å²) in [5.74, 6) is 0.126. The van der Waals surface area contributed by atoms with E-state index < -0.39 is 0 Å². The normalized spacial score (nSPS) is 16.5. The molecule has 1 aliphatic heterocycles. The topological polar surface area (TPSA) is 23.6 Å². The van der Waals surface area contributed by atoms with E-state index >= 15 is 0 Å². The van der Waals surface area contributed by atoms with Gasteiger partial charge in [0.1, 0.15) is 0 Å². The Bertz CT molecular complexity index is 392. The van der Waals surface area contributed by atoms with Gasteiger partial charge >= 0.3 is 0 Å². The Morgan fingerprint density at radius 3 is 2.35 bits per heavy atom. The first kappa shape index (κ1) is 14.5. The molecule has 1 amide bonds. The Labute approximate surface area is 116 Å². The van der Waals surface area contributed by atoms with Crippen LogP contribution in [0.25, 0.3) is 0 Å². The van der Waals surface area contributed by atoms with E-state index in [2.05, 4.69) is 27.9 Å². The fourth-order valence-corrected chi connectivity index (χ4v) is 2.27. The number of hydrogen-bond acceptors (Lipinski definition) is 2. The monoisotopic (exact) mass is 317 g/mol. The molecule has 2 rings (SSSR count). The van der Waals surface area contributed by atoms with Gasteiger partial charge in [-0.15, -0.1) is 0 Å². The number of likely N-dealkylation sites (N-methyl/N-ethyl adjacent to an activating group) is 1. The van der Waals surface area contributed by atoms with Gasteiger partial charge in [0, 0.05) is 30.7 Å². The van der Waals surface area contributed by atoms with Crippen molar-refractivity contribution < 1.29 is 17.2 Å². The highest BCUT2D eigenvalue weighted by Crippen LogP contribution is 2.18. The zero-order valence-corrected chi connectivity index (χ0v) is 12.0. The first-order valence-corrected chi connectivity index (χ1v) is 6.20. The van der Waals surface area contributed by atoms with E-state index in [4.69, 9.17) is 0 Å². The first-order valence-electron chi connectivity index (χ1n) is 5.41. The highest BCUT2D eigenvalue weighted by Gasteiger charge is 2.21. The molecule has 0 spiro atoms. The quantitative estimate of drug-likeness (QED) is 0.652. The van der Waals surface area contributed by atoms with Crippen molar-refractivity contribution >= 4 is 21.8 Å². The summed E-state index contributed by atoms with van der Waals surface area (Å²) in [4.78, 5) is 16.4. The molecule has 1 aliphatic rings. The highest BCUT2D eigenvalue weighted by atomic mass is 79.9. The maximum Gasteiger partial charge on any atom is 0.255 e. The number of carbonyl (C=O) groups is 1. The van der Waals surface area contributed by atoms with Crippen molar-refractivity contribution in [3.05, 3.63) is 34.3 Å². The van der Waals surface area contributed by atoms with E-state index in [1.54, 1.807) is 0 Å². The van der Waals surface area contributed by atoms with Gasteiger partial charge in [0.25, 0.3) is 5.91 Å². The third kappa shape index (κ3) is 3.44. The molecule has 94 valence electrons. The Hall–Kier alpha value is -0.580. The second-order valence-corrected chi connectivity index (χ2v) is 4.93. The predicted molar refractivity (Wildman–Crippen MR) is 67.5 cm³/mol. The van der Waals surface area contributed by atoms with Crippen LogP contribution < -0.4 is 12.4 Å². The van der Waals surface area contributed by atoms with Crippen molar-refractivity contribution in [1.29, 1.82) is 0 Å². The minimum absolute atomic E-state index is 0. The minimum atomic E-state index is 0. The summed E-state index contributed by atoms with van der Waals surface area (Å²) >= 11 is 3.42. The molecule has 1 saturated heterocycles. The van der Waals surface area contributed by atoms with E-state index in [0.29, 0.717) is 0 Å². The number of hydrogen-bond donors (Lipinski definition) is 0. The Balaban J connectivity index is 0.00000144. The van der Waals surface area contributed by atoms with Crippen LogP contribution in [0.3, 0.4) is 0 Å². The van der Waals surface area contributed by atoms with Crippen LogP contribution in [0.1, 0.15) is 10.4 Å². The summed E-state index contributed by atoms with van der Waals surface area (Å²) < 4.78 is 0.874. The molecule has 0 aliphatic carbocycles. The van der Waals surface area contributed by atoms with Crippen molar-refractivity contribution in [3.8, 4) is 0 Å². The zero-order valence-electron chi connectivity index (χ0n) is 9.70. The Morgan fingerprint density at radius 2 is 1.76 bits per heavy atom. The summed E-state index contributed by atoms with van der Waals surface area (Å²) in [6, 6.07) is 7.59. The lowest BCUT2D eigenvalue weighted by Gasteiger charge is -2.32. The van der Waals surface area contributed by atoms with Crippen LogP contribution in [0.2, 0.25) is 0 Å². The lowest BCUT2D eigenvalue weighted by Crippen LogP contribution is -3.00. The maximum absolute atomic E-state index is 12.2. The van der Waals surface area contributed by atoms with Gasteiger partial charge in [0.05, 0.1) is 5.56 Å². The average molecular weight is 319 g/mol. The number of amides is 1. The molecular formula is C12H15BrClN2O-. The summed E-state index contributed by atoms with van der Waals surface area (Å²) in [5.41, 5.74) is 0.757. The number of rotatable bonds is 1. The smallest absolute Gasteiger partial charge is 0.255 e. The van der Waals surface area contributed by atoms with Gasteiger partial charge in [-0.2, -0.15) is 0 Å². The number of halogens is 2. The average Bonchev–Trinajstić information content (AvgIpc) is 2.30. The number of nitrogens with zero attached hydrogens (tertiary/aromatic N) is 2. The first-order chi connectivity index (χ1) is 7.68. The summed E-state index contributed by atoms with van der Waals surface area (Å²) in [6.07, 6.45) is 0. The summed E-state index contributed by atoms with van der Waals surface area (Å²) in [5, 5.41) is 0. The highest BCUT2D eigenvalue weighted by molar-refractivity contribution is 9.10. The van der Waals surface area contributed by atoms with E-state index in [1.807, 2.05) is 29.2 Å². The van der Waals surface area contributed by atoms with Crippen molar-refractivity contribution in [3.63, 3.8) is 0 Å². The van der Waals surface area contributed by atoms with Gasteiger partial charge in [-0.1, -0.05) is 12.1 Å². The third-order valence-electron chi connectivity index (χ3n) is 2.89. The molecule has 0 saturated carbocycles. The summed E-state index contributed by atoms with van der Waals surface area (Å²) in [6.45, 7) is 3.54. The largest absolute Gasteiger partial charge is 1.00 e. The van der Waals surface area contributed by atoms with Gasteiger partial charge in [0.15, 0.2) is 0 Å². The number of carbonyl (C=O) groups excluding carboxylic acids is 1. The van der Waals surface area contributed by atoms with E-state index in [0.717, 1.165) is 36.2 Å². The van der Waals surface area contributed by atoms with Crippen LogP contribution in [0.15, 0.2) is 28.7 Å². The maximum atomic E-state index is 12.2. The fourth-order valence-electron chi connectivity index (χ4n) is 1.81. The molecule has 1 aromatic rings. The van der Waals surface area contributed by atoms with Crippen LogP contribution >= 0.6 is 15.9 Å². The molecule has 5 heteroatoms. The van der Waals surface area contributed by atoms with Crippen LogP contribution in [0, 0.1) is 0 Å². The second-order valence-electron chi connectivity index (χ2n) is 4.08. The van der Waals surface area contributed by atoms with Gasteiger partial charge in [-0.3, -0.25) is 4.79 Å². The molecule has 0 bridgehead atoms. The number of piperazine rings is 1. The molecule has 0 unspecified atom stereocenters. The molecular weight excluding hydrogens is 304 g/mol. The van der Waals surface area contributed by atoms with Crippen LogP contribution in [-0.2, 0) is 0 Å². The van der Waals surface area contributed by atoms with E-state index in [1.165, 1.54) is 0 Å². The van der Waals surface area contributed by atoms with Gasteiger partial charge < -0.3 is 22.2 Å². The molecule has 3 nitrogen and oxygen atoms in total. The summed E-state index contributed by atoms with van der Waals surface area (Å²) in [7, 11) is 2.08. The SMILES string of the molecule is CN1CCN(C(=O)c2ccccc2Br)CC1.[Cl-]. The van der Waals surface area contributed by atoms with E-state index in [9.17, 15) is 4.79 Å². The predicted octanol–water partition coefficient (Wildman–Crippen LogP) is -1.16. The van der Waals surface area contributed by atoms with E-state index in [-0.39, 0.29) is 18.3 Å². The molecule has 1 aromatic carbocycles. The number of benzene rings is 1. The molecule has 0 atom stereocenters. The molecule has 1 heterocycles. The zero-order chi connectivity index (χ0) is 11.5. The molecule has 0 radical (unpaired) electrons. The minimum Gasteiger partial charge on any atom is -1.00 e.